The van der Waals surface area contributed by atoms with E-state index in [0.717, 1.165) is 28.3 Å². The van der Waals surface area contributed by atoms with Crippen molar-refractivity contribution < 1.29 is 9.47 Å². The van der Waals surface area contributed by atoms with Crippen LogP contribution in [0, 0.1) is 0 Å². The van der Waals surface area contributed by atoms with Gasteiger partial charge in [0.25, 0.3) is 0 Å². The first kappa shape index (κ1) is 15.0. The summed E-state index contributed by atoms with van der Waals surface area (Å²) in [4.78, 5) is 0.0562. The first-order chi connectivity index (χ1) is 10.1. The molecule has 1 atom stereocenters. The zero-order chi connectivity index (χ0) is 14.8. The van der Waals surface area contributed by atoms with E-state index in [1.165, 1.54) is 0 Å². The number of hydrogen-bond donors (Lipinski definition) is 0. The minimum absolute atomic E-state index is 0.0562. The Morgan fingerprint density at radius 3 is 2.38 bits per heavy atom. The van der Waals surface area contributed by atoms with Gasteiger partial charge in [-0.3, -0.25) is 0 Å². The number of ether oxygens (including phenoxy) is 2. The molecule has 1 aliphatic heterocycles. The molecule has 0 spiro atoms. The summed E-state index contributed by atoms with van der Waals surface area (Å²) in [7, 11) is 0. The van der Waals surface area contributed by atoms with E-state index in [9.17, 15) is 0 Å². The SMILES string of the molecule is Clc1ccccc1CC(Br)c1cc2c(cc1Cl)OCCO2. The van der Waals surface area contributed by atoms with Gasteiger partial charge in [-0.05, 0) is 29.7 Å². The summed E-state index contributed by atoms with van der Waals surface area (Å²) in [5.41, 5.74) is 2.05. The van der Waals surface area contributed by atoms with Crippen LogP contribution < -0.4 is 9.47 Å². The second-order valence-electron chi connectivity index (χ2n) is 4.78. The Morgan fingerprint density at radius 1 is 1.00 bits per heavy atom. The molecule has 0 N–H and O–H groups in total. The van der Waals surface area contributed by atoms with Gasteiger partial charge in [-0.25, -0.2) is 0 Å². The van der Waals surface area contributed by atoms with Gasteiger partial charge in [-0.2, -0.15) is 0 Å². The maximum atomic E-state index is 6.36. The molecule has 1 aliphatic rings. The van der Waals surface area contributed by atoms with Crippen LogP contribution in [0.4, 0.5) is 0 Å². The topological polar surface area (TPSA) is 18.5 Å². The summed E-state index contributed by atoms with van der Waals surface area (Å²) < 4.78 is 11.1. The lowest BCUT2D eigenvalue weighted by Crippen LogP contribution is -2.15. The molecule has 0 fully saturated rings. The third-order valence-corrected chi connectivity index (χ3v) is 4.87. The summed E-state index contributed by atoms with van der Waals surface area (Å²) in [5, 5.41) is 1.42. The van der Waals surface area contributed by atoms with Gasteiger partial charge in [0.15, 0.2) is 11.5 Å². The molecule has 2 aromatic rings. The van der Waals surface area contributed by atoms with Crippen molar-refractivity contribution in [1.82, 2.24) is 0 Å². The molecule has 0 amide bonds. The third kappa shape index (κ3) is 3.31. The van der Waals surface area contributed by atoms with E-state index in [4.69, 9.17) is 32.7 Å². The molecule has 0 aromatic heterocycles. The van der Waals surface area contributed by atoms with Gasteiger partial charge in [0.1, 0.15) is 13.2 Å². The molecule has 0 saturated carbocycles. The van der Waals surface area contributed by atoms with Gasteiger partial charge >= 0.3 is 0 Å². The van der Waals surface area contributed by atoms with Gasteiger partial charge in [0, 0.05) is 20.9 Å². The zero-order valence-electron chi connectivity index (χ0n) is 11.1. The fourth-order valence-corrected chi connectivity index (χ4v) is 3.64. The maximum absolute atomic E-state index is 6.36. The van der Waals surface area contributed by atoms with E-state index < -0.39 is 0 Å². The Labute approximate surface area is 142 Å². The van der Waals surface area contributed by atoms with Crippen molar-refractivity contribution in [3.63, 3.8) is 0 Å². The quantitative estimate of drug-likeness (QED) is 0.652. The summed E-state index contributed by atoms with van der Waals surface area (Å²) in [6, 6.07) is 11.6. The van der Waals surface area contributed by atoms with Crippen LogP contribution in [0.3, 0.4) is 0 Å². The molecular weight excluding hydrogens is 375 g/mol. The van der Waals surface area contributed by atoms with Crippen LogP contribution in [-0.4, -0.2) is 13.2 Å². The fourth-order valence-electron chi connectivity index (χ4n) is 2.29. The highest BCUT2D eigenvalue weighted by atomic mass is 79.9. The molecule has 0 saturated heterocycles. The van der Waals surface area contributed by atoms with Crippen LogP contribution in [0.2, 0.25) is 10.0 Å². The number of rotatable bonds is 3. The van der Waals surface area contributed by atoms with Crippen LogP contribution in [0.15, 0.2) is 36.4 Å². The highest BCUT2D eigenvalue weighted by molar-refractivity contribution is 9.09. The van der Waals surface area contributed by atoms with Crippen molar-refractivity contribution in [3.8, 4) is 11.5 Å². The van der Waals surface area contributed by atoms with Gasteiger partial charge < -0.3 is 9.47 Å². The minimum Gasteiger partial charge on any atom is -0.486 e. The number of hydrogen-bond acceptors (Lipinski definition) is 2. The van der Waals surface area contributed by atoms with Crippen molar-refractivity contribution >= 4 is 39.1 Å². The third-order valence-electron chi connectivity index (χ3n) is 3.36. The van der Waals surface area contributed by atoms with Crippen molar-refractivity contribution in [3.05, 3.63) is 57.6 Å². The second kappa shape index (κ2) is 6.47. The largest absolute Gasteiger partial charge is 0.486 e. The Bertz CT molecular complexity index is 661. The first-order valence-electron chi connectivity index (χ1n) is 6.61. The molecule has 2 aromatic carbocycles. The standard InChI is InChI=1S/C16H13BrCl2O2/c17-12(7-10-3-1-2-4-13(10)18)11-8-15-16(9-14(11)19)21-6-5-20-15/h1-4,8-9,12H,5-7H2. The Morgan fingerprint density at radius 2 is 1.67 bits per heavy atom. The molecule has 5 heteroatoms. The maximum Gasteiger partial charge on any atom is 0.162 e. The predicted octanol–water partition coefficient (Wildman–Crippen LogP) is 5.44. The van der Waals surface area contributed by atoms with Crippen molar-refractivity contribution in [2.45, 2.75) is 11.2 Å². The molecule has 110 valence electrons. The zero-order valence-corrected chi connectivity index (χ0v) is 14.2. The lowest BCUT2D eigenvalue weighted by molar-refractivity contribution is 0.171. The van der Waals surface area contributed by atoms with E-state index in [1.54, 1.807) is 0 Å². The monoisotopic (exact) mass is 386 g/mol. The summed E-state index contributed by atoms with van der Waals surface area (Å²) in [6.45, 7) is 1.12. The van der Waals surface area contributed by atoms with E-state index in [0.29, 0.717) is 24.0 Å². The molecule has 1 heterocycles. The van der Waals surface area contributed by atoms with E-state index in [1.807, 2.05) is 36.4 Å². The van der Waals surface area contributed by atoms with E-state index in [2.05, 4.69) is 15.9 Å². The summed E-state index contributed by atoms with van der Waals surface area (Å²) in [6.07, 6.45) is 0.749. The Hall–Kier alpha value is -0.900. The lowest BCUT2D eigenvalue weighted by Gasteiger charge is -2.21. The van der Waals surface area contributed by atoms with Crippen LogP contribution in [0.1, 0.15) is 16.0 Å². The molecule has 0 radical (unpaired) electrons. The average Bonchev–Trinajstić information content (AvgIpc) is 2.49. The van der Waals surface area contributed by atoms with Crippen molar-refractivity contribution in [2.24, 2.45) is 0 Å². The average molecular weight is 388 g/mol. The van der Waals surface area contributed by atoms with Crippen LogP contribution in [-0.2, 0) is 6.42 Å². The number of halogens is 3. The van der Waals surface area contributed by atoms with Crippen molar-refractivity contribution in [2.75, 3.05) is 13.2 Å². The van der Waals surface area contributed by atoms with Crippen LogP contribution in [0.25, 0.3) is 0 Å². The molecule has 21 heavy (non-hydrogen) atoms. The molecule has 3 rings (SSSR count). The molecule has 0 bridgehead atoms. The number of alkyl halides is 1. The highest BCUT2D eigenvalue weighted by Crippen LogP contribution is 2.41. The van der Waals surface area contributed by atoms with Gasteiger partial charge in [-0.15, -0.1) is 0 Å². The lowest BCUT2D eigenvalue weighted by atomic mass is 10.0. The van der Waals surface area contributed by atoms with Crippen LogP contribution in [0.5, 0.6) is 11.5 Å². The second-order valence-corrected chi connectivity index (χ2v) is 6.70. The molecule has 1 unspecified atom stereocenters. The number of fused-ring (bicyclic) bond motifs is 1. The predicted molar refractivity (Wildman–Crippen MR) is 89.3 cm³/mol. The molecular formula is C16H13BrCl2O2. The van der Waals surface area contributed by atoms with Gasteiger partial charge in [-0.1, -0.05) is 57.3 Å². The smallest absolute Gasteiger partial charge is 0.162 e. The molecule has 0 aliphatic carbocycles. The fraction of sp³-hybridized carbons (Fsp3) is 0.250. The normalized spacial score (nSPS) is 14.8. The molecule has 2 nitrogen and oxygen atoms in total. The minimum atomic E-state index is 0.0562. The van der Waals surface area contributed by atoms with Gasteiger partial charge in [0.05, 0.1) is 0 Å². The van der Waals surface area contributed by atoms with E-state index in [-0.39, 0.29) is 4.83 Å². The Balaban J connectivity index is 1.87. The summed E-state index contributed by atoms with van der Waals surface area (Å²) in [5.74, 6) is 1.44. The van der Waals surface area contributed by atoms with E-state index >= 15 is 0 Å². The number of benzene rings is 2. The summed E-state index contributed by atoms with van der Waals surface area (Å²) >= 11 is 16.3. The first-order valence-corrected chi connectivity index (χ1v) is 8.29. The van der Waals surface area contributed by atoms with Gasteiger partial charge in [0.2, 0.25) is 0 Å². The van der Waals surface area contributed by atoms with Crippen molar-refractivity contribution in [1.29, 1.82) is 0 Å². The Kier molecular flexibility index (Phi) is 4.63. The van der Waals surface area contributed by atoms with Crippen LogP contribution >= 0.6 is 39.1 Å². The highest BCUT2D eigenvalue weighted by Gasteiger charge is 2.20.